The second-order valence-electron chi connectivity index (χ2n) is 6.75. The predicted molar refractivity (Wildman–Crippen MR) is 94.5 cm³/mol. The standard InChI is InChI=1S/C18H19F3N2O2S/c1-17(2,3)14-8-10-16(11-9-14)26(24,25)23-22-12-13-4-6-15(7-5-13)18(19,20)21/h4-12,23H,1-3H3/b22-12+. The molecule has 0 heterocycles. The van der Waals surface area contributed by atoms with Crippen molar-refractivity contribution < 1.29 is 21.6 Å². The number of sulfonamides is 1. The first-order valence-corrected chi connectivity index (χ1v) is 9.20. The quantitative estimate of drug-likeness (QED) is 0.631. The van der Waals surface area contributed by atoms with Crippen molar-refractivity contribution in [3.63, 3.8) is 0 Å². The lowest BCUT2D eigenvalue weighted by Gasteiger charge is -2.19. The largest absolute Gasteiger partial charge is 0.416 e. The highest BCUT2D eigenvalue weighted by Gasteiger charge is 2.29. The summed E-state index contributed by atoms with van der Waals surface area (Å²) in [4.78, 5) is 2.10. The molecule has 4 nitrogen and oxygen atoms in total. The normalized spacial score (nSPS) is 13.2. The molecule has 0 aliphatic heterocycles. The molecule has 0 aliphatic rings. The number of nitrogens with one attached hydrogen (secondary N) is 1. The van der Waals surface area contributed by atoms with Gasteiger partial charge in [0, 0.05) is 0 Å². The Morgan fingerprint density at radius 1 is 0.885 bits per heavy atom. The third-order valence-electron chi connectivity index (χ3n) is 3.66. The fourth-order valence-electron chi connectivity index (χ4n) is 2.12. The van der Waals surface area contributed by atoms with Crippen LogP contribution in [0, 0.1) is 0 Å². The summed E-state index contributed by atoms with van der Waals surface area (Å²) in [5.74, 6) is 0. The van der Waals surface area contributed by atoms with E-state index in [1.165, 1.54) is 24.3 Å². The maximum absolute atomic E-state index is 12.5. The highest BCUT2D eigenvalue weighted by atomic mass is 32.2. The van der Waals surface area contributed by atoms with Gasteiger partial charge in [0.05, 0.1) is 16.7 Å². The van der Waals surface area contributed by atoms with E-state index in [0.717, 1.165) is 23.9 Å². The van der Waals surface area contributed by atoms with Crippen molar-refractivity contribution in [3.8, 4) is 0 Å². The van der Waals surface area contributed by atoms with Crippen LogP contribution in [0.1, 0.15) is 37.5 Å². The van der Waals surface area contributed by atoms with E-state index >= 15 is 0 Å². The van der Waals surface area contributed by atoms with Gasteiger partial charge in [-0.05, 0) is 40.8 Å². The number of nitrogens with zero attached hydrogens (tertiary/aromatic N) is 1. The summed E-state index contributed by atoms with van der Waals surface area (Å²) in [5.41, 5.74) is 0.443. The van der Waals surface area contributed by atoms with Gasteiger partial charge in [-0.3, -0.25) is 0 Å². The van der Waals surface area contributed by atoms with E-state index in [9.17, 15) is 21.6 Å². The average Bonchev–Trinajstić information content (AvgIpc) is 2.54. The zero-order valence-corrected chi connectivity index (χ0v) is 15.3. The number of alkyl halides is 3. The Hall–Kier alpha value is -2.35. The van der Waals surface area contributed by atoms with Crippen molar-refractivity contribution in [1.82, 2.24) is 4.83 Å². The van der Waals surface area contributed by atoms with Gasteiger partial charge in [0.25, 0.3) is 10.0 Å². The van der Waals surface area contributed by atoms with E-state index in [1.54, 1.807) is 12.1 Å². The van der Waals surface area contributed by atoms with E-state index in [-0.39, 0.29) is 10.3 Å². The summed E-state index contributed by atoms with van der Waals surface area (Å²) in [6.45, 7) is 6.05. The lowest BCUT2D eigenvalue weighted by Crippen LogP contribution is -2.19. The predicted octanol–water partition coefficient (Wildman–Crippen LogP) is 4.32. The molecule has 8 heteroatoms. The zero-order chi connectivity index (χ0) is 19.6. The van der Waals surface area contributed by atoms with Crippen LogP contribution in [0.5, 0.6) is 0 Å². The lowest BCUT2D eigenvalue weighted by molar-refractivity contribution is -0.137. The maximum Gasteiger partial charge on any atom is 0.416 e. The number of halogens is 3. The molecule has 0 aliphatic carbocycles. The molecule has 2 rings (SSSR count). The molecule has 0 fully saturated rings. The van der Waals surface area contributed by atoms with Crippen molar-refractivity contribution in [2.45, 2.75) is 37.3 Å². The smallest absolute Gasteiger partial charge is 0.200 e. The van der Waals surface area contributed by atoms with Gasteiger partial charge in [-0.2, -0.15) is 26.7 Å². The van der Waals surface area contributed by atoms with Crippen LogP contribution in [0.15, 0.2) is 58.5 Å². The van der Waals surface area contributed by atoms with Crippen LogP contribution in [0.3, 0.4) is 0 Å². The molecule has 26 heavy (non-hydrogen) atoms. The van der Waals surface area contributed by atoms with Gasteiger partial charge in [-0.25, -0.2) is 4.83 Å². The highest BCUT2D eigenvalue weighted by molar-refractivity contribution is 7.89. The summed E-state index contributed by atoms with van der Waals surface area (Å²) in [5, 5.41) is 3.61. The number of hydrazone groups is 1. The van der Waals surface area contributed by atoms with Gasteiger partial charge in [0.15, 0.2) is 0 Å². The minimum Gasteiger partial charge on any atom is -0.200 e. The molecule has 0 saturated carbocycles. The van der Waals surface area contributed by atoms with Gasteiger partial charge in [-0.1, -0.05) is 45.0 Å². The first kappa shape index (κ1) is 20.0. The van der Waals surface area contributed by atoms with Crippen LogP contribution < -0.4 is 4.83 Å². The van der Waals surface area contributed by atoms with E-state index in [0.29, 0.717) is 5.56 Å². The minimum atomic E-state index is -4.42. The average molecular weight is 384 g/mol. The van der Waals surface area contributed by atoms with Gasteiger partial charge in [0.1, 0.15) is 0 Å². The van der Waals surface area contributed by atoms with Crippen LogP contribution >= 0.6 is 0 Å². The van der Waals surface area contributed by atoms with Crippen LogP contribution in [-0.2, 0) is 21.6 Å². The second-order valence-corrected chi connectivity index (χ2v) is 8.41. The first-order valence-electron chi connectivity index (χ1n) is 7.72. The molecule has 0 saturated heterocycles. The second kappa shape index (κ2) is 7.11. The summed E-state index contributed by atoms with van der Waals surface area (Å²) < 4.78 is 61.9. The monoisotopic (exact) mass is 384 g/mol. The topological polar surface area (TPSA) is 58.5 Å². The maximum atomic E-state index is 12.5. The molecule has 0 spiro atoms. The van der Waals surface area contributed by atoms with E-state index in [2.05, 4.69) is 5.10 Å². The SMILES string of the molecule is CC(C)(C)c1ccc(S(=O)(=O)N/N=C/c2ccc(C(F)(F)F)cc2)cc1. The summed E-state index contributed by atoms with van der Waals surface area (Å²) in [6.07, 6.45) is -3.28. The number of benzene rings is 2. The molecule has 140 valence electrons. The van der Waals surface area contributed by atoms with Crippen LogP contribution in [-0.4, -0.2) is 14.6 Å². The molecule has 0 atom stereocenters. The molecular formula is C18H19F3N2O2S. The summed E-state index contributed by atoms with van der Waals surface area (Å²) >= 11 is 0. The Morgan fingerprint density at radius 2 is 1.38 bits per heavy atom. The third kappa shape index (κ3) is 5.08. The van der Waals surface area contributed by atoms with Crippen LogP contribution in [0.4, 0.5) is 13.2 Å². The zero-order valence-electron chi connectivity index (χ0n) is 14.5. The molecular weight excluding hydrogens is 365 g/mol. The summed E-state index contributed by atoms with van der Waals surface area (Å²) in [6, 6.07) is 10.6. The van der Waals surface area contributed by atoms with E-state index in [1.807, 2.05) is 25.6 Å². The molecule has 0 aromatic heterocycles. The fourth-order valence-corrected chi connectivity index (χ4v) is 2.91. The molecule has 0 radical (unpaired) electrons. The van der Waals surface area contributed by atoms with Gasteiger partial charge < -0.3 is 0 Å². The minimum absolute atomic E-state index is 0.0510. The fraction of sp³-hybridized carbons (Fsp3) is 0.278. The van der Waals surface area contributed by atoms with Crippen molar-refractivity contribution in [2.75, 3.05) is 0 Å². The third-order valence-corrected chi connectivity index (χ3v) is 4.89. The molecule has 0 unspecified atom stereocenters. The van der Waals surface area contributed by atoms with Crippen molar-refractivity contribution >= 4 is 16.2 Å². The molecule has 0 amide bonds. The van der Waals surface area contributed by atoms with Crippen LogP contribution in [0.25, 0.3) is 0 Å². The van der Waals surface area contributed by atoms with Crippen molar-refractivity contribution in [3.05, 3.63) is 65.2 Å². The van der Waals surface area contributed by atoms with Crippen LogP contribution in [0.2, 0.25) is 0 Å². The first-order chi connectivity index (χ1) is 11.9. The Labute approximate surface area is 150 Å². The molecule has 2 aromatic carbocycles. The van der Waals surface area contributed by atoms with Crippen molar-refractivity contribution in [1.29, 1.82) is 0 Å². The Morgan fingerprint density at radius 3 is 1.85 bits per heavy atom. The van der Waals surface area contributed by atoms with Gasteiger partial charge >= 0.3 is 6.18 Å². The van der Waals surface area contributed by atoms with E-state index < -0.39 is 21.8 Å². The highest BCUT2D eigenvalue weighted by Crippen LogP contribution is 2.29. The van der Waals surface area contributed by atoms with E-state index in [4.69, 9.17) is 0 Å². The van der Waals surface area contributed by atoms with Gasteiger partial charge in [-0.15, -0.1) is 0 Å². The molecule has 0 bridgehead atoms. The molecule has 2 aromatic rings. The summed E-state index contributed by atoms with van der Waals surface area (Å²) in [7, 11) is -3.85. The van der Waals surface area contributed by atoms with Crippen molar-refractivity contribution in [2.24, 2.45) is 5.10 Å². The molecule has 1 N–H and O–H groups in total. The van der Waals surface area contributed by atoms with Gasteiger partial charge in [0.2, 0.25) is 0 Å². The number of rotatable bonds is 4. The number of hydrogen-bond donors (Lipinski definition) is 1. The lowest BCUT2D eigenvalue weighted by atomic mass is 9.87. The number of hydrogen-bond acceptors (Lipinski definition) is 3. The Bertz CT molecular complexity index is 880. The Balaban J connectivity index is 2.09. The Kier molecular flexibility index (Phi) is 5.46.